The average Bonchev–Trinajstić information content (AvgIpc) is 2.80. The Balaban J connectivity index is 1.43. The van der Waals surface area contributed by atoms with Crippen molar-refractivity contribution >= 4 is 5.69 Å². The predicted molar refractivity (Wildman–Crippen MR) is 118 cm³/mol. The monoisotopic (exact) mass is 468 g/mol. The van der Waals surface area contributed by atoms with Crippen LogP contribution in [0.15, 0.2) is 48.7 Å². The van der Waals surface area contributed by atoms with Crippen LogP contribution in [-0.4, -0.2) is 51.0 Å². The first kappa shape index (κ1) is 24.9. The van der Waals surface area contributed by atoms with Gasteiger partial charge < -0.3 is 19.5 Å². The number of hydrogen-bond donors (Lipinski definition) is 1. The number of nitrogens with zero attached hydrogens (tertiary/aromatic N) is 1. The molecular weight excluding hydrogens is 440 g/mol. The molecule has 0 amide bonds. The molecule has 0 atom stereocenters. The van der Waals surface area contributed by atoms with Crippen molar-refractivity contribution in [2.45, 2.75) is 25.4 Å². The van der Waals surface area contributed by atoms with Gasteiger partial charge in [0.2, 0.25) is 0 Å². The van der Waals surface area contributed by atoms with Gasteiger partial charge in [0.25, 0.3) is 6.43 Å². The highest BCUT2D eigenvalue weighted by Gasteiger charge is 2.18. The van der Waals surface area contributed by atoms with Crippen LogP contribution in [0.3, 0.4) is 0 Å². The summed E-state index contributed by atoms with van der Waals surface area (Å²) in [4.78, 5) is 2.26. The number of hydrogen-bond acceptors (Lipinski definition) is 5. The minimum Gasteiger partial charge on any atom is -0.489 e. The zero-order chi connectivity index (χ0) is 23.8. The van der Waals surface area contributed by atoms with Gasteiger partial charge >= 0.3 is 0 Å². The molecule has 0 spiro atoms. The van der Waals surface area contributed by atoms with E-state index in [0.717, 1.165) is 44.1 Å². The molecule has 1 aliphatic rings. The van der Waals surface area contributed by atoms with E-state index in [1.54, 1.807) is 13.2 Å². The fourth-order valence-corrected chi connectivity index (χ4v) is 3.52. The number of anilines is 1. The maximum Gasteiger partial charge on any atom is 0.263 e. The van der Waals surface area contributed by atoms with Crippen molar-refractivity contribution < 1.29 is 31.8 Å². The quantitative estimate of drug-likeness (QED) is 0.448. The summed E-state index contributed by atoms with van der Waals surface area (Å²) < 4.78 is 69.7. The predicted octanol–water partition coefficient (Wildman–Crippen LogP) is 5.40. The van der Waals surface area contributed by atoms with Gasteiger partial charge in [-0.1, -0.05) is 6.58 Å². The summed E-state index contributed by atoms with van der Waals surface area (Å²) in [5.74, 6) is -1.45. The highest BCUT2D eigenvalue weighted by Crippen LogP contribution is 2.26. The largest absolute Gasteiger partial charge is 0.489 e. The molecule has 1 aliphatic heterocycles. The molecule has 0 aliphatic carbocycles. The van der Waals surface area contributed by atoms with Gasteiger partial charge in [-0.3, -0.25) is 4.90 Å². The Labute approximate surface area is 190 Å². The number of rotatable bonds is 11. The van der Waals surface area contributed by atoms with Crippen LogP contribution < -0.4 is 14.8 Å². The van der Waals surface area contributed by atoms with E-state index in [1.165, 1.54) is 12.1 Å². The number of nitrogens with one attached hydrogen (secondary N) is 1. The van der Waals surface area contributed by atoms with Gasteiger partial charge in [-0.15, -0.1) is 0 Å². The highest BCUT2D eigenvalue weighted by molar-refractivity contribution is 5.51. The first-order valence-electron chi connectivity index (χ1n) is 10.7. The summed E-state index contributed by atoms with van der Waals surface area (Å²) in [6, 6.07) is 7.37. The maximum absolute atomic E-state index is 14.4. The minimum absolute atomic E-state index is 0.134. The molecule has 5 nitrogen and oxygen atoms in total. The van der Waals surface area contributed by atoms with Crippen molar-refractivity contribution in [2.24, 2.45) is 0 Å². The second kappa shape index (κ2) is 11.9. The molecule has 1 fully saturated rings. The Morgan fingerprint density at radius 3 is 2.36 bits per heavy atom. The van der Waals surface area contributed by atoms with Crippen LogP contribution in [0.5, 0.6) is 11.5 Å². The SMILES string of the molecule is C=C(COc1ccc(C(F)F)cc1F)Nc1ccc(OCCN2CCC(OC)CC2)c(F)c1. The van der Waals surface area contributed by atoms with Gasteiger partial charge in [-0.2, -0.15) is 0 Å². The Kier molecular flexibility index (Phi) is 8.96. The van der Waals surface area contributed by atoms with Crippen molar-refractivity contribution in [2.75, 3.05) is 45.3 Å². The number of benzene rings is 2. The number of piperidine rings is 1. The van der Waals surface area contributed by atoms with Crippen molar-refractivity contribution in [3.8, 4) is 11.5 Å². The molecule has 0 saturated carbocycles. The Hall–Kier alpha value is -2.78. The van der Waals surface area contributed by atoms with Gasteiger partial charge in [0.05, 0.1) is 6.10 Å². The van der Waals surface area contributed by atoms with Crippen molar-refractivity contribution in [1.29, 1.82) is 0 Å². The third-order valence-electron chi connectivity index (χ3n) is 5.40. The summed E-state index contributed by atoms with van der Waals surface area (Å²) in [6.45, 7) is 6.56. The topological polar surface area (TPSA) is 43.0 Å². The second-order valence-electron chi connectivity index (χ2n) is 7.78. The first-order valence-corrected chi connectivity index (χ1v) is 10.7. The lowest BCUT2D eigenvalue weighted by Crippen LogP contribution is -2.38. The lowest BCUT2D eigenvalue weighted by molar-refractivity contribution is 0.0373. The van der Waals surface area contributed by atoms with E-state index in [2.05, 4.69) is 16.8 Å². The number of likely N-dealkylation sites (tertiary alicyclic amines) is 1. The summed E-state index contributed by atoms with van der Waals surface area (Å²) in [7, 11) is 1.73. The molecule has 1 saturated heterocycles. The zero-order valence-corrected chi connectivity index (χ0v) is 18.5. The van der Waals surface area contributed by atoms with Crippen molar-refractivity contribution in [3.05, 3.63) is 65.9 Å². The van der Waals surface area contributed by atoms with Crippen LogP contribution in [0.25, 0.3) is 0 Å². The minimum atomic E-state index is -2.76. The fraction of sp³-hybridized carbons (Fsp3) is 0.417. The Bertz CT molecular complexity index is 934. The number of halogens is 4. The van der Waals surface area contributed by atoms with E-state index in [9.17, 15) is 17.6 Å². The van der Waals surface area contributed by atoms with Gasteiger partial charge in [-0.05, 0) is 43.2 Å². The van der Waals surface area contributed by atoms with Crippen LogP contribution in [0, 0.1) is 11.6 Å². The summed E-state index contributed by atoms with van der Waals surface area (Å²) >= 11 is 0. The molecular formula is C24H28F4N2O3. The van der Waals surface area contributed by atoms with Gasteiger partial charge in [0, 0.05) is 49.8 Å². The standard InChI is InChI=1S/C24H28F4N2O3/c1-16(15-33-23-5-3-17(24(27)28)13-20(23)25)29-18-4-6-22(21(26)14-18)32-12-11-30-9-7-19(31-2)8-10-30/h3-6,13-14,19,24,29H,1,7-12,15H2,2H3. The third-order valence-corrected chi connectivity index (χ3v) is 5.40. The van der Waals surface area contributed by atoms with Crippen LogP contribution in [0.2, 0.25) is 0 Å². The van der Waals surface area contributed by atoms with E-state index in [0.29, 0.717) is 30.6 Å². The van der Waals surface area contributed by atoms with E-state index < -0.39 is 23.6 Å². The van der Waals surface area contributed by atoms with Gasteiger partial charge in [0.1, 0.15) is 13.2 Å². The molecule has 1 heterocycles. The lowest BCUT2D eigenvalue weighted by atomic mass is 10.1. The molecule has 2 aromatic carbocycles. The number of methoxy groups -OCH3 is 1. The molecule has 3 rings (SSSR count). The van der Waals surface area contributed by atoms with Crippen LogP contribution >= 0.6 is 0 Å². The Morgan fingerprint density at radius 2 is 1.73 bits per heavy atom. The molecule has 0 unspecified atom stereocenters. The molecule has 33 heavy (non-hydrogen) atoms. The van der Waals surface area contributed by atoms with E-state index in [-0.39, 0.29) is 18.1 Å². The Morgan fingerprint density at radius 1 is 1.06 bits per heavy atom. The fourth-order valence-electron chi connectivity index (χ4n) is 3.52. The summed E-state index contributed by atoms with van der Waals surface area (Å²) in [5, 5.41) is 2.87. The smallest absolute Gasteiger partial charge is 0.263 e. The molecule has 2 aromatic rings. The number of alkyl halides is 2. The average molecular weight is 468 g/mol. The molecule has 0 radical (unpaired) electrons. The molecule has 0 aromatic heterocycles. The van der Waals surface area contributed by atoms with Crippen molar-refractivity contribution in [3.63, 3.8) is 0 Å². The molecule has 1 N–H and O–H groups in total. The van der Waals surface area contributed by atoms with Crippen LogP contribution in [0.1, 0.15) is 24.8 Å². The molecule has 9 heteroatoms. The van der Waals surface area contributed by atoms with Gasteiger partial charge in [-0.25, -0.2) is 17.6 Å². The van der Waals surface area contributed by atoms with Crippen molar-refractivity contribution in [1.82, 2.24) is 4.90 Å². The van der Waals surface area contributed by atoms with E-state index in [1.807, 2.05) is 0 Å². The lowest BCUT2D eigenvalue weighted by Gasteiger charge is -2.30. The summed E-state index contributed by atoms with van der Waals surface area (Å²) in [6.07, 6.45) is -0.496. The zero-order valence-electron chi connectivity index (χ0n) is 18.5. The van der Waals surface area contributed by atoms with E-state index in [4.69, 9.17) is 14.2 Å². The third kappa shape index (κ3) is 7.36. The molecule has 180 valence electrons. The van der Waals surface area contributed by atoms with Gasteiger partial charge in [0.15, 0.2) is 23.1 Å². The first-order chi connectivity index (χ1) is 15.9. The maximum atomic E-state index is 14.4. The molecule has 0 bridgehead atoms. The second-order valence-corrected chi connectivity index (χ2v) is 7.78. The normalized spacial score (nSPS) is 15.0. The van der Waals surface area contributed by atoms with E-state index >= 15 is 0 Å². The highest BCUT2D eigenvalue weighted by atomic mass is 19.3. The number of ether oxygens (including phenoxy) is 3. The van der Waals surface area contributed by atoms with Crippen LogP contribution in [0.4, 0.5) is 23.2 Å². The van der Waals surface area contributed by atoms with Crippen LogP contribution in [-0.2, 0) is 4.74 Å². The summed E-state index contributed by atoms with van der Waals surface area (Å²) in [5.41, 5.74) is 0.328.